The standard InChI is InChI=1S/C19H16Cl2N2O4/c1-11-9-16(24)22-14-7-2-3-8-15(14)23(11)17(25)10-27-19(26)18-12(20)5-4-6-13(18)21/h2-8,11H,9-10H2,1H3,(H,22,24)/t11-/m1/s1. The van der Waals surface area contributed by atoms with Crippen molar-refractivity contribution < 1.29 is 19.1 Å². The fourth-order valence-electron chi connectivity index (χ4n) is 2.93. The van der Waals surface area contributed by atoms with E-state index in [1.54, 1.807) is 37.3 Å². The highest BCUT2D eigenvalue weighted by Crippen LogP contribution is 2.31. The molecule has 0 aliphatic carbocycles. The summed E-state index contributed by atoms with van der Waals surface area (Å²) in [6, 6.07) is 11.2. The number of benzene rings is 2. The van der Waals surface area contributed by atoms with E-state index in [2.05, 4.69) is 5.32 Å². The molecule has 8 heteroatoms. The summed E-state index contributed by atoms with van der Waals surface area (Å²) in [6.45, 7) is 1.25. The van der Waals surface area contributed by atoms with Gasteiger partial charge in [-0.25, -0.2) is 4.79 Å². The Hall–Kier alpha value is -2.57. The molecule has 1 heterocycles. The zero-order chi connectivity index (χ0) is 19.6. The summed E-state index contributed by atoms with van der Waals surface area (Å²) in [5.74, 6) is -1.43. The summed E-state index contributed by atoms with van der Waals surface area (Å²) in [5, 5.41) is 3.05. The molecule has 140 valence electrons. The van der Waals surface area contributed by atoms with Crippen molar-refractivity contribution in [2.45, 2.75) is 19.4 Å². The molecule has 27 heavy (non-hydrogen) atoms. The van der Waals surface area contributed by atoms with Crippen LogP contribution in [0.5, 0.6) is 0 Å². The van der Waals surface area contributed by atoms with Crippen molar-refractivity contribution in [1.29, 1.82) is 0 Å². The molecule has 0 bridgehead atoms. The maximum Gasteiger partial charge on any atom is 0.341 e. The molecule has 3 rings (SSSR count). The van der Waals surface area contributed by atoms with E-state index in [4.69, 9.17) is 27.9 Å². The molecule has 2 aromatic rings. The zero-order valence-corrected chi connectivity index (χ0v) is 15.9. The van der Waals surface area contributed by atoms with Crippen molar-refractivity contribution in [2.75, 3.05) is 16.8 Å². The Balaban J connectivity index is 1.79. The van der Waals surface area contributed by atoms with Crippen LogP contribution in [0.3, 0.4) is 0 Å². The van der Waals surface area contributed by atoms with E-state index in [-0.39, 0.29) is 27.9 Å². The fourth-order valence-corrected chi connectivity index (χ4v) is 3.48. The van der Waals surface area contributed by atoms with Crippen LogP contribution in [0.1, 0.15) is 23.7 Å². The summed E-state index contributed by atoms with van der Waals surface area (Å²) in [5.41, 5.74) is 1.09. The predicted octanol–water partition coefficient (Wildman–Crippen LogP) is 3.91. The van der Waals surface area contributed by atoms with Gasteiger partial charge in [0.2, 0.25) is 5.91 Å². The molecule has 0 unspecified atom stereocenters. The minimum Gasteiger partial charge on any atom is -0.452 e. The highest BCUT2D eigenvalue weighted by molar-refractivity contribution is 6.39. The summed E-state index contributed by atoms with van der Waals surface area (Å²) >= 11 is 12.0. The Kier molecular flexibility index (Phi) is 5.68. The zero-order valence-electron chi connectivity index (χ0n) is 14.4. The van der Waals surface area contributed by atoms with Crippen LogP contribution in [0.4, 0.5) is 11.4 Å². The number of amides is 2. The van der Waals surface area contributed by atoms with Gasteiger partial charge >= 0.3 is 5.97 Å². The molecule has 0 radical (unpaired) electrons. The Morgan fingerprint density at radius 3 is 2.52 bits per heavy atom. The van der Waals surface area contributed by atoms with Crippen molar-refractivity contribution in [3.63, 3.8) is 0 Å². The molecule has 2 aromatic carbocycles. The Morgan fingerprint density at radius 2 is 1.81 bits per heavy atom. The molecule has 1 atom stereocenters. The van der Waals surface area contributed by atoms with Gasteiger partial charge in [0.1, 0.15) is 0 Å². The normalized spacial score (nSPS) is 16.2. The third kappa shape index (κ3) is 4.07. The Bertz CT molecular complexity index is 896. The molecule has 1 aliphatic rings. The molecule has 1 N–H and O–H groups in total. The van der Waals surface area contributed by atoms with E-state index in [0.717, 1.165) is 0 Å². The number of ether oxygens (including phenoxy) is 1. The van der Waals surface area contributed by atoms with Gasteiger partial charge in [0.15, 0.2) is 6.61 Å². The lowest BCUT2D eigenvalue weighted by Crippen LogP contribution is -2.41. The van der Waals surface area contributed by atoms with Gasteiger partial charge in [-0.15, -0.1) is 0 Å². The number of fused-ring (bicyclic) bond motifs is 1. The number of anilines is 2. The fraction of sp³-hybridized carbons (Fsp3) is 0.211. The predicted molar refractivity (Wildman–Crippen MR) is 103 cm³/mol. The number of esters is 1. The lowest BCUT2D eigenvalue weighted by Gasteiger charge is -2.27. The minimum atomic E-state index is -0.788. The molecule has 0 fully saturated rings. The number of halogens is 2. The van der Waals surface area contributed by atoms with E-state index >= 15 is 0 Å². The van der Waals surface area contributed by atoms with Crippen LogP contribution in [0.2, 0.25) is 10.0 Å². The summed E-state index contributed by atoms with van der Waals surface area (Å²) < 4.78 is 5.13. The summed E-state index contributed by atoms with van der Waals surface area (Å²) in [6.07, 6.45) is 0.130. The van der Waals surface area contributed by atoms with Crippen molar-refractivity contribution in [3.05, 3.63) is 58.1 Å². The monoisotopic (exact) mass is 406 g/mol. The van der Waals surface area contributed by atoms with Crippen molar-refractivity contribution in [3.8, 4) is 0 Å². The lowest BCUT2D eigenvalue weighted by atomic mass is 10.1. The Morgan fingerprint density at radius 1 is 1.15 bits per heavy atom. The topological polar surface area (TPSA) is 75.7 Å². The molecule has 1 aliphatic heterocycles. The number of hydrogen-bond acceptors (Lipinski definition) is 4. The SMILES string of the molecule is C[C@@H]1CC(=O)Nc2ccccc2N1C(=O)COC(=O)c1c(Cl)cccc1Cl. The van der Waals surface area contributed by atoms with Crippen LogP contribution in [-0.2, 0) is 14.3 Å². The van der Waals surface area contributed by atoms with E-state index in [1.807, 2.05) is 0 Å². The second-order valence-corrected chi connectivity index (χ2v) is 6.87. The first kappa shape index (κ1) is 19.2. The van der Waals surface area contributed by atoms with E-state index < -0.39 is 24.5 Å². The smallest absolute Gasteiger partial charge is 0.341 e. The first-order valence-electron chi connectivity index (χ1n) is 8.20. The van der Waals surface area contributed by atoms with E-state index in [0.29, 0.717) is 11.4 Å². The largest absolute Gasteiger partial charge is 0.452 e. The molecule has 0 spiro atoms. The molecular weight excluding hydrogens is 391 g/mol. The average Bonchev–Trinajstić information content (AvgIpc) is 2.73. The molecule has 0 saturated carbocycles. The van der Waals surface area contributed by atoms with Crippen molar-refractivity contribution in [2.24, 2.45) is 0 Å². The van der Waals surface area contributed by atoms with Gasteiger partial charge < -0.3 is 15.0 Å². The van der Waals surface area contributed by atoms with Gasteiger partial charge in [0, 0.05) is 12.5 Å². The molecular formula is C19H16Cl2N2O4. The first-order chi connectivity index (χ1) is 12.9. The quantitative estimate of drug-likeness (QED) is 0.783. The summed E-state index contributed by atoms with van der Waals surface area (Å²) in [4.78, 5) is 38.5. The Labute approximate surface area is 166 Å². The number of nitrogens with one attached hydrogen (secondary N) is 1. The highest BCUT2D eigenvalue weighted by atomic mass is 35.5. The first-order valence-corrected chi connectivity index (χ1v) is 8.96. The third-order valence-corrected chi connectivity index (χ3v) is 4.75. The van der Waals surface area contributed by atoms with Crippen LogP contribution in [0, 0.1) is 0 Å². The van der Waals surface area contributed by atoms with Gasteiger partial charge in [-0.05, 0) is 31.2 Å². The maximum atomic E-state index is 12.8. The van der Waals surface area contributed by atoms with Gasteiger partial charge in [-0.1, -0.05) is 41.4 Å². The van der Waals surface area contributed by atoms with Crippen molar-refractivity contribution in [1.82, 2.24) is 0 Å². The van der Waals surface area contributed by atoms with Crippen LogP contribution in [0.15, 0.2) is 42.5 Å². The molecule has 6 nitrogen and oxygen atoms in total. The van der Waals surface area contributed by atoms with Crippen molar-refractivity contribution >= 4 is 52.4 Å². The number of para-hydroxylation sites is 2. The third-order valence-electron chi connectivity index (χ3n) is 4.12. The second kappa shape index (κ2) is 7.98. The number of rotatable bonds is 3. The van der Waals surface area contributed by atoms with Gasteiger partial charge in [0.05, 0.1) is 27.0 Å². The number of hydrogen-bond donors (Lipinski definition) is 1. The van der Waals surface area contributed by atoms with Gasteiger partial charge in [-0.2, -0.15) is 0 Å². The maximum absolute atomic E-state index is 12.8. The van der Waals surface area contributed by atoms with E-state index in [1.165, 1.54) is 17.0 Å². The van der Waals surface area contributed by atoms with Crippen LogP contribution in [-0.4, -0.2) is 30.4 Å². The minimum absolute atomic E-state index is 0.00907. The van der Waals surface area contributed by atoms with Gasteiger partial charge in [-0.3, -0.25) is 9.59 Å². The molecule has 0 aromatic heterocycles. The van der Waals surface area contributed by atoms with Crippen LogP contribution in [0.25, 0.3) is 0 Å². The van der Waals surface area contributed by atoms with Crippen LogP contribution < -0.4 is 10.2 Å². The van der Waals surface area contributed by atoms with E-state index in [9.17, 15) is 14.4 Å². The summed E-state index contributed by atoms with van der Waals surface area (Å²) in [7, 11) is 0. The number of carbonyl (C=O) groups excluding carboxylic acids is 3. The lowest BCUT2D eigenvalue weighted by molar-refractivity contribution is -0.122. The number of carbonyl (C=O) groups is 3. The number of nitrogens with zero attached hydrogens (tertiary/aromatic N) is 1. The average molecular weight is 407 g/mol. The molecule has 0 saturated heterocycles. The highest BCUT2D eigenvalue weighted by Gasteiger charge is 2.30. The van der Waals surface area contributed by atoms with Crippen LogP contribution >= 0.6 is 23.2 Å². The second-order valence-electron chi connectivity index (χ2n) is 6.06. The van der Waals surface area contributed by atoms with Gasteiger partial charge in [0.25, 0.3) is 5.91 Å². The molecule has 2 amide bonds.